The average Bonchev–Trinajstić information content (AvgIpc) is 2.73. The van der Waals surface area contributed by atoms with Gasteiger partial charge in [0.2, 0.25) is 15.9 Å². The van der Waals surface area contributed by atoms with Gasteiger partial charge >= 0.3 is 0 Å². The number of nitrogens with one attached hydrogen (secondary N) is 1. The van der Waals surface area contributed by atoms with E-state index in [-0.39, 0.29) is 36.5 Å². The zero-order valence-electron chi connectivity index (χ0n) is 15.6. The van der Waals surface area contributed by atoms with Crippen molar-refractivity contribution in [2.45, 2.75) is 17.7 Å². The molecule has 2 aromatic carbocycles. The number of nitro groups is 1. The monoisotopic (exact) mass is 423 g/mol. The maximum atomic E-state index is 13.0. The second kappa shape index (κ2) is 9.96. The first kappa shape index (κ1) is 22.3. The van der Waals surface area contributed by atoms with Gasteiger partial charge in [-0.1, -0.05) is 12.1 Å². The maximum Gasteiger partial charge on any atom is 0.269 e. The Morgan fingerprint density at radius 2 is 1.76 bits per heavy atom. The number of benzene rings is 2. The zero-order valence-corrected chi connectivity index (χ0v) is 16.5. The number of methoxy groups -OCH3 is 1. The smallest absolute Gasteiger partial charge is 0.269 e. The van der Waals surface area contributed by atoms with Crippen LogP contribution in [-0.4, -0.2) is 49.0 Å². The van der Waals surface area contributed by atoms with E-state index in [0.29, 0.717) is 11.3 Å². The molecule has 0 saturated heterocycles. The van der Waals surface area contributed by atoms with E-state index in [1.807, 2.05) is 0 Å². The fraction of sp³-hybridized carbons (Fsp3) is 0.278. The largest absolute Gasteiger partial charge is 0.497 e. The molecule has 29 heavy (non-hydrogen) atoms. The highest BCUT2D eigenvalue weighted by atomic mass is 32.2. The van der Waals surface area contributed by atoms with E-state index in [2.05, 4.69) is 0 Å². The highest BCUT2D eigenvalue weighted by molar-refractivity contribution is 7.89. The molecule has 0 atom stereocenters. The second-order valence-electron chi connectivity index (χ2n) is 6.04. The summed E-state index contributed by atoms with van der Waals surface area (Å²) in [6, 6.07) is 11.6. The molecule has 1 amide bonds. The standard InChI is InChI=1S/C18H21N3O7S/c1-28-16-6-8-17(9-7-16)29(26,27)20(13-11-18(22)19-23)12-10-14-2-4-15(5-3-14)21(24)25/h2-9,23H,10-13H2,1H3,(H,19,22). The van der Waals surface area contributed by atoms with Gasteiger partial charge in [0.1, 0.15) is 5.75 Å². The lowest BCUT2D eigenvalue weighted by atomic mass is 10.1. The molecule has 0 aromatic heterocycles. The van der Waals surface area contributed by atoms with Crippen LogP contribution in [0, 0.1) is 10.1 Å². The van der Waals surface area contributed by atoms with Gasteiger partial charge < -0.3 is 4.74 Å². The summed E-state index contributed by atoms with van der Waals surface area (Å²) in [5, 5.41) is 19.4. The number of nitrogens with zero attached hydrogens (tertiary/aromatic N) is 2. The molecular formula is C18H21N3O7S. The summed E-state index contributed by atoms with van der Waals surface area (Å²) in [6.45, 7) is -0.0986. The normalized spacial score (nSPS) is 11.3. The highest BCUT2D eigenvalue weighted by Gasteiger charge is 2.25. The molecule has 0 spiro atoms. The number of hydrogen-bond donors (Lipinski definition) is 2. The molecule has 0 heterocycles. The molecule has 156 valence electrons. The minimum absolute atomic E-state index is 0.0337. The van der Waals surface area contributed by atoms with E-state index < -0.39 is 20.9 Å². The van der Waals surface area contributed by atoms with Crippen LogP contribution in [0.15, 0.2) is 53.4 Å². The van der Waals surface area contributed by atoms with Crippen molar-refractivity contribution in [2.75, 3.05) is 20.2 Å². The Balaban J connectivity index is 2.20. The number of hydroxylamine groups is 1. The Morgan fingerprint density at radius 3 is 2.28 bits per heavy atom. The van der Waals surface area contributed by atoms with E-state index in [4.69, 9.17) is 9.94 Å². The molecule has 0 unspecified atom stereocenters. The van der Waals surface area contributed by atoms with Crippen molar-refractivity contribution in [3.8, 4) is 5.75 Å². The molecule has 0 aliphatic heterocycles. The molecule has 0 fully saturated rings. The molecule has 0 bridgehead atoms. The van der Waals surface area contributed by atoms with E-state index in [0.717, 1.165) is 4.31 Å². The van der Waals surface area contributed by atoms with Crippen LogP contribution in [0.2, 0.25) is 0 Å². The Bertz CT molecular complexity index is 944. The molecule has 0 radical (unpaired) electrons. The number of carbonyl (C=O) groups is 1. The Labute approximate surface area is 167 Å². The first-order chi connectivity index (χ1) is 13.8. The third kappa shape index (κ3) is 5.98. The molecule has 0 saturated carbocycles. The minimum Gasteiger partial charge on any atom is -0.497 e. The number of sulfonamides is 1. The molecular weight excluding hydrogens is 402 g/mol. The van der Waals surface area contributed by atoms with Crippen molar-refractivity contribution in [3.05, 3.63) is 64.2 Å². The summed E-state index contributed by atoms with van der Waals surface area (Å²) >= 11 is 0. The molecule has 11 heteroatoms. The second-order valence-corrected chi connectivity index (χ2v) is 7.98. The van der Waals surface area contributed by atoms with Crippen LogP contribution in [0.5, 0.6) is 5.75 Å². The molecule has 0 aliphatic rings. The van der Waals surface area contributed by atoms with Gasteiger partial charge in [-0.25, -0.2) is 13.9 Å². The zero-order chi connectivity index (χ0) is 21.4. The van der Waals surface area contributed by atoms with Gasteiger partial charge in [0.25, 0.3) is 5.69 Å². The van der Waals surface area contributed by atoms with Crippen molar-refractivity contribution in [1.82, 2.24) is 9.79 Å². The van der Waals surface area contributed by atoms with Gasteiger partial charge in [-0.05, 0) is 36.2 Å². The summed E-state index contributed by atoms with van der Waals surface area (Å²) in [4.78, 5) is 21.6. The molecule has 0 aliphatic carbocycles. The molecule has 2 rings (SSSR count). The van der Waals surface area contributed by atoms with Crippen LogP contribution in [0.1, 0.15) is 12.0 Å². The van der Waals surface area contributed by atoms with Crippen molar-refractivity contribution in [3.63, 3.8) is 0 Å². The number of non-ortho nitro benzene ring substituents is 1. The summed E-state index contributed by atoms with van der Waals surface area (Å²) < 4.78 is 32.2. The fourth-order valence-corrected chi connectivity index (χ4v) is 4.01. The SMILES string of the molecule is COc1ccc(S(=O)(=O)N(CCC(=O)NO)CCc2ccc([N+](=O)[O-])cc2)cc1. The van der Waals surface area contributed by atoms with Gasteiger partial charge in [0, 0.05) is 31.6 Å². The van der Waals surface area contributed by atoms with Crippen molar-refractivity contribution in [1.29, 1.82) is 0 Å². The number of nitro benzene ring substituents is 1. The minimum atomic E-state index is -3.91. The van der Waals surface area contributed by atoms with Crippen LogP contribution < -0.4 is 10.2 Å². The van der Waals surface area contributed by atoms with E-state index in [1.165, 1.54) is 49.0 Å². The fourth-order valence-electron chi connectivity index (χ4n) is 2.57. The number of rotatable bonds is 10. The van der Waals surface area contributed by atoms with Gasteiger partial charge in [-0.2, -0.15) is 4.31 Å². The van der Waals surface area contributed by atoms with Gasteiger partial charge in [-0.3, -0.25) is 20.1 Å². The number of ether oxygens (including phenoxy) is 1. The van der Waals surface area contributed by atoms with E-state index in [9.17, 15) is 23.3 Å². The lowest BCUT2D eigenvalue weighted by molar-refractivity contribution is -0.384. The van der Waals surface area contributed by atoms with Crippen molar-refractivity contribution in [2.24, 2.45) is 0 Å². The third-order valence-corrected chi connectivity index (χ3v) is 6.12. The highest BCUT2D eigenvalue weighted by Crippen LogP contribution is 2.21. The summed E-state index contributed by atoms with van der Waals surface area (Å²) in [5.74, 6) is -0.212. The summed E-state index contributed by atoms with van der Waals surface area (Å²) in [5.41, 5.74) is 2.12. The van der Waals surface area contributed by atoms with E-state index in [1.54, 1.807) is 12.1 Å². The quantitative estimate of drug-likeness (QED) is 0.337. The Morgan fingerprint density at radius 1 is 1.14 bits per heavy atom. The first-order valence-corrected chi connectivity index (χ1v) is 10.0. The molecule has 10 nitrogen and oxygen atoms in total. The first-order valence-electron chi connectivity index (χ1n) is 8.58. The molecule has 2 aromatic rings. The van der Waals surface area contributed by atoms with Gasteiger partial charge in [0.05, 0.1) is 16.9 Å². The van der Waals surface area contributed by atoms with Crippen LogP contribution in [0.3, 0.4) is 0 Å². The van der Waals surface area contributed by atoms with Crippen LogP contribution in [0.4, 0.5) is 5.69 Å². The topological polar surface area (TPSA) is 139 Å². The average molecular weight is 423 g/mol. The molecule has 2 N–H and O–H groups in total. The number of hydrogen-bond acceptors (Lipinski definition) is 7. The van der Waals surface area contributed by atoms with Crippen molar-refractivity contribution >= 4 is 21.6 Å². The predicted octanol–water partition coefficient (Wildman–Crippen LogP) is 1.73. The van der Waals surface area contributed by atoms with Crippen LogP contribution >= 0.6 is 0 Å². The van der Waals surface area contributed by atoms with Gasteiger partial charge in [0.15, 0.2) is 0 Å². The Kier molecular flexibility index (Phi) is 7.65. The Hall–Kier alpha value is -3.02. The lowest BCUT2D eigenvalue weighted by Gasteiger charge is -2.22. The van der Waals surface area contributed by atoms with E-state index >= 15 is 0 Å². The predicted molar refractivity (Wildman–Crippen MR) is 103 cm³/mol. The lowest BCUT2D eigenvalue weighted by Crippen LogP contribution is -2.36. The number of amides is 1. The maximum absolute atomic E-state index is 13.0. The third-order valence-electron chi connectivity index (χ3n) is 4.21. The van der Waals surface area contributed by atoms with Crippen LogP contribution in [-0.2, 0) is 21.2 Å². The van der Waals surface area contributed by atoms with Gasteiger partial charge in [-0.15, -0.1) is 0 Å². The number of carbonyl (C=O) groups excluding carboxylic acids is 1. The van der Waals surface area contributed by atoms with Crippen molar-refractivity contribution < 1.29 is 28.1 Å². The summed E-state index contributed by atoms with van der Waals surface area (Å²) in [6.07, 6.45) is 0.0558. The van der Waals surface area contributed by atoms with Crippen LogP contribution in [0.25, 0.3) is 0 Å². The summed E-state index contributed by atoms with van der Waals surface area (Å²) in [7, 11) is -2.45.